The standard InChI is InChI=1S/C12H20N4O2/c1-9(8-10(17)18)16-11(13-14-15-16)12(2)6-4-3-5-7-12/h9H,3-8H2,1-2H3,(H,17,18). The van der Waals surface area contributed by atoms with E-state index in [2.05, 4.69) is 22.4 Å². The second-order valence-electron chi connectivity index (χ2n) is 5.52. The fourth-order valence-corrected chi connectivity index (χ4v) is 2.78. The van der Waals surface area contributed by atoms with E-state index in [-0.39, 0.29) is 17.9 Å². The SMILES string of the molecule is CC(CC(=O)O)n1nnnc1C1(C)CCCCC1. The molecule has 1 aromatic rings. The van der Waals surface area contributed by atoms with Gasteiger partial charge in [-0.25, -0.2) is 4.68 Å². The Morgan fingerprint density at radius 1 is 1.44 bits per heavy atom. The lowest BCUT2D eigenvalue weighted by Gasteiger charge is -2.32. The average molecular weight is 252 g/mol. The molecule has 1 fully saturated rings. The number of aromatic nitrogens is 4. The minimum Gasteiger partial charge on any atom is -0.481 e. The van der Waals surface area contributed by atoms with Crippen molar-refractivity contribution in [2.75, 3.05) is 0 Å². The summed E-state index contributed by atoms with van der Waals surface area (Å²) in [5.74, 6) is 0.0219. The molecule has 0 aromatic carbocycles. The minimum atomic E-state index is -0.822. The summed E-state index contributed by atoms with van der Waals surface area (Å²) in [4.78, 5) is 10.8. The minimum absolute atomic E-state index is 0.00544. The molecular weight excluding hydrogens is 232 g/mol. The monoisotopic (exact) mass is 252 g/mol. The Morgan fingerprint density at radius 3 is 2.72 bits per heavy atom. The van der Waals surface area contributed by atoms with Crippen molar-refractivity contribution >= 4 is 5.97 Å². The third-order valence-electron chi connectivity index (χ3n) is 3.88. The van der Waals surface area contributed by atoms with E-state index in [1.54, 1.807) is 4.68 Å². The van der Waals surface area contributed by atoms with Crippen LogP contribution in [-0.4, -0.2) is 31.3 Å². The van der Waals surface area contributed by atoms with Crippen molar-refractivity contribution in [1.82, 2.24) is 20.2 Å². The maximum Gasteiger partial charge on any atom is 0.305 e. The van der Waals surface area contributed by atoms with Gasteiger partial charge in [-0.1, -0.05) is 26.2 Å². The lowest BCUT2D eigenvalue weighted by Crippen LogP contribution is -2.31. The topological polar surface area (TPSA) is 80.9 Å². The van der Waals surface area contributed by atoms with Crippen LogP contribution in [0.5, 0.6) is 0 Å². The summed E-state index contributed by atoms with van der Waals surface area (Å²) in [7, 11) is 0. The van der Waals surface area contributed by atoms with E-state index in [0.29, 0.717) is 0 Å². The fourth-order valence-electron chi connectivity index (χ4n) is 2.78. The molecule has 0 bridgehead atoms. The van der Waals surface area contributed by atoms with E-state index >= 15 is 0 Å². The van der Waals surface area contributed by atoms with Crippen LogP contribution < -0.4 is 0 Å². The maximum atomic E-state index is 10.8. The van der Waals surface area contributed by atoms with Crippen molar-refractivity contribution in [3.8, 4) is 0 Å². The highest BCUT2D eigenvalue weighted by atomic mass is 16.4. The maximum absolute atomic E-state index is 10.8. The Labute approximate surface area is 106 Å². The molecule has 0 aliphatic heterocycles. The number of hydrogen-bond donors (Lipinski definition) is 1. The summed E-state index contributed by atoms with van der Waals surface area (Å²) >= 11 is 0. The molecule has 6 heteroatoms. The highest BCUT2D eigenvalue weighted by Gasteiger charge is 2.35. The molecule has 1 aromatic heterocycles. The van der Waals surface area contributed by atoms with Gasteiger partial charge in [-0.05, 0) is 30.2 Å². The Hall–Kier alpha value is -1.46. The number of carbonyl (C=O) groups is 1. The molecular formula is C12H20N4O2. The quantitative estimate of drug-likeness (QED) is 0.885. The molecule has 0 radical (unpaired) electrons. The van der Waals surface area contributed by atoms with Crippen LogP contribution in [0.15, 0.2) is 0 Å². The van der Waals surface area contributed by atoms with Crippen LogP contribution in [0.25, 0.3) is 0 Å². The molecule has 1 N–H and O–H groups in total. The number of hydrogen-bond acceptors (Lipinski definition) is 4. The first kappa shape index (κ1) is 13.0. The lowest BCUT2D eigenvalue weighted by atomic mass is 9.75. The van der Waals surface area contributed by atoms with Gasteiger partial charge in [0.1, 0.15) is 0 Å². The first-order chi connectivity index (χ1) is 8.53. The Kier molecular flexibility index (Phi) is 3.63. The molecule has 100 valence electrons. The number of tetrazole rings is 1. The highest BCUT2D eigenvalue weighted by Crippen LogP contribution is 2.38. The van der Waals surface area contributed by atoms with E-state index in [4.69, 9.17) is 5.11 Å². The van der Waals surface area contributed by atoms with Gasteiger partial charge in [-0.15, -0.1) is 5.10 Å². The van der Waals surface area contributed by atoms with Crippen molar-refractivity contribution in [3.63, 3.8) is 0 Å². The predicted molar refractivity (Wildman–Crippen MR) is 65.2 cm³/mol. The van der Waals surface area contributed by atoms with Gasteiger partial charge >= 0.3 is 5.97 Å². The summed E-state index contributed by atoms with van der Waals surface area (Å²) in [6.45, 7) is 4.03. The van der Waals surface area contributed by atoms with E-state index < -0.39 is 5.97 Å². The van der Waals surface area contributed by atoms with Crippen LogP contribution in [-0.2, 0) is 10.2 Å². The zero-order valence-electron chi connectivity index (χ0n) is 11.0. The first-order valence-electron chi connectivity index (χ1n) is 6.53. The van der Waals surface area contributed by atoms with E-state index in [9.17, 15) is 4.79 Å². The van der Waals surface area contributed by atoms with Gasteiger partial charge in [0, 0.05) is 5.41 Å². The van der Waals surface area contributed by atoms with Crippen molar-refractivity contribution in [2.45, 2.75) is 63.8 Å². The first-order valence-corrected chi connectivity index (χ1v) is 6.53. The van der Waals surface area contributed by atoms with Gasteiger partial charge in [0.15, 0.2) is 5.82 Å². The van der Waals surface area contributed by atoms with Gasteiger partial charge in [0.2, 0.25) is 0 Å². The molecule has 18 heavy (non-hydrogen) atoms. The summed E-state index contributed by atoms with van der Waals surface area (Å²) in [5, 5.41) is 20.7. The van der Waals surface area contributed by atoms with Crippen molar-refractivity contribution in [3.05, 3.63) is 5.82 Å². The number of carboxylic acid groups (broad SMARTS) is 1. The second-order valence-corrected chi connectivity index (χ2v) is 5.52. The smallest absolute Gasteiger partial charge is 0.305 e. The van der Waals surface area contributed by atoms with Crippen molar-refractivity contribution in [1.29, 1.82) is 0 Å². The van der Waals surface area contributed by atoms with Gasteiger partial charge in [0.05, 0.1) is 12.5 Å². The summed E-state index contributed by atoms with van der Waals surface area (Å²) in [6, 6.07) is -0.203. The second kappa shape index (κ2) is 5.04. The van der Waals surface area contributed by atoms with Gasteiger partial charge in [-0.2, -0.15) is 0 Å². The number of rotatable bonds is 4. The average Bonchev–Trinajstić information content (AvgIpc) is 2.78. The molecule has 1 atom stereocenters. The largest absolute Gasteiger partial charge is 0.481 e. The Morgan fingerprint density at radius 2 is 2.11 bits per heavy atom. The van der Waals surface area contributed by atoms with Gasteiger partial charge in [0.25, 0.3) is 0 Å². The molecule has 1 aliphatic rings. The predicted octanol–water partition coefficient (Wildman–Crippen LogP) is 1.93. The van der Waals surface area contributed by atoms with E-state index in [1.807, 2.05) is 6.92 Å². The molecule has 0 saturated heterocycles. The highest BCUT2D eigenvalue weighted by molar-refractivity contribution is 5.67. The van der Waals surface area contributed by atoms with Crippen LogP contribution in [0, 0.1) is 0 Å². The number of nitrogens with zero attached hydrogens (tertiary/aromatic N) is 4. The molecule has 6 nitrogen and oxygen atoms in total. The normalized spacial score (nSPS) is 20.6. The summed E-state index contributed by atoms with van der Waals surface area (Å²) in [6.07, 6.45) is 5.85. The molecule has 2 rings (SSSR count). The van der Waals surface area contributed by atoms with Crippen LogP contribution in [0.2, 0.25) is 0 Å². The zero-order chi connectivity index (χ0) is 13.2. The van der Waals surface area contributed by atoms with Crippen LogP contribution >= 0.6 is 0 Å². The Balaban J connectivity index is 2.23. The molecule has 1 heterocycles. The fraction of sp³-hybridized carbons (Fsp3) is 0.833. The third kappa shape index (κ3) is 2.52. The molecule has 0 spiro atoms. The molecule has 1 unspecified atom stereocenters. The van der Waals surface area contributed by atoms with Gasteiger partial charge in [-0.3, -0.25) is 4.79 Å². The van der Waals surface area contributed by atoms with Crippen molar-refractivity contribution < 1.29 is 9.90 Å². The summed E-state index contributed by atoms with van der Waals surface area (Å²) < 4.78 is 1.69. The molecule has 0 amide bonds. The third-order valence-corrected chi connectivity index (χ3v) is 3.88. The van der Waals surface area contributed by atoms with E-state index in [0.717, 1.165) is 18.7 Å². The van der Waals surface area contributed by atoms with Crippen LogP contribution in [0.3, 0.4) is 0 Å². The molecule has 1 saturated carbocycles. The van der Waals surface area contributed by atoms with Crippen molar-refractivity contribution in [2.24, 2.45) is 0 Å². The Bertz CT molecular complexity index is 423. The zero-order valence-corrected chi connectivity index (χ0v) is 11.0. The number of aliphatic carboxylic acids is 1. The van der Waals surface area contributed by atoms with E-state index in [1.165, 1.54) is 19.3 Å². The van der Waals surface area contributed by atoms with Crippen LogP contribution in [0.1, 0.15) is 64.2 Å². The lowest BCUT2D eigenvalue weighted by molar-refractivity contribution is -0.137. The number of carboxylic acids is 1. The van der Waals surface area contributed by atoms with Crippen LogP contribution in [0.4, 0.5) is 0 Å². The van der Waals surface area contributed by atoms with Gasteiger partial charge < -0.3 is 5.11 Å². The summed E-state index contributed by atoms with van der Waals surface area (Å²) in [5.41, 5.74) is -0.00544. The molecule has 1 aliphatic carbocycles.